The molecule has 38 heavy (non-hydrogen) atoms. The van der Waals surface area contributed by atoms with Crippen molar-refractivity contribution in [3.05, 3.63) is 34.2 Å². The predicted molar refractivity (Wildman–Crippen MR) is 153 cm³/mol. The summed E-state index contributed by atoms with van der Waals surface area (Å²) in [6.07, 6.45) is 0.369. The normalized spacial score (nSPS) is 25.1. The van der Waals surface area contributed by atoms with Crippen molar-refractivity contribution in [2.75, 3.05) is 32.8 Å². The maximum absolute atomic E-state index is 13.1. The number of β-amino-alcohol motifs (C(OH)–C–C–N with tert-alkyl or cyclic N) is 1. The second-order valence-electron chi connectivity index (χ2n) is 13.8. The van der Waals surface area contributed by atoms with Gasteiger partial charge in [-0.05, 0) is 41.8 Å². The van der Waals surface area contributed by atoms with Crippen LogP contribution in [0.5, 0.6) is 0 Å². The number of carbonyl (C=O) groups is 1. The molecule has 2 N–H and O–H groups in total. The summed E-state index contributed by atoms with van der Waals surface area (Å²) >= 11 is 0. The molecule has 4 rings (SSSR count). The van der Waals surface area contributed by atoms with Gasteiger partial charge in [0.25, 0.3) is 0 Å². The van der Waals surface area contributed by atoms with E-state index in [1.165, 1.54) is 0 Å². The Morgan fingerprint density at radius 2 is 1.87 bits per heavy atom. The number of aryl methyl sites for hydroxylation is 1. The Bertz CT molecular complexity index is 1220. The fourth-order valence-corrected chi connectivity index (χ4v) is 6.83. The third kappa shape index (κ3) is 6.03. The second kappa shape index (κ2) is 10.4. The van der Waals surface area contributed by atoms with Gasteiger partial charge in [-0.3, -0.25) is 14.0 Å². The van der Waals surface area contributed by atoms with Crippen LogP contribution < -0.4 is 5.69 Å². The van der Waals surface area contributed by atoms with Crippen molar-refractivity contribution in [2.45, 2.75) is 83.6 Å². The number of nitrogens with zero attached hydrogens (tertiary/aromatic N) is 4. The Balaban J connectivity index is 1.45. The van der Waals surface area contributed by atoms with Crippen molar-refractivity contribution in [1.29, 1.82) is 0 Å². The molecular weight excluding hydrogens is 500 g/mol. The van der Waals surface area contributed by atoms with E-state index in [1.54, 1.807) is 14.0 Å². The molecule has 1 saturated carbocycles. The summed E-state index contributed by atoms with van der Waals surface area (Å²) in [6.45, 7) is 16.3. The first-order valence-electron chi connectivity index (χ1n) is 13.8. The Hall–Kier alpha value is -2.14. The molecule has 1 unspecified atom stereocenters. The van der Waals surface area contributed by atoms with Crippen LogP contribution in [0.3, 0.4) is 0 Å². The minimum absolute atomic E-state index is 0.0837. The van der Waals surface area contributed by atoms with Crippen LogP contribution in [0.4, 0.5) is 4.79 Å². The van der Waals surface area contributed by atoms with Gasteiger partial charge in [-0.15, -0.1) is 0 Å². The summed E-state index contributed by atoms with van der Waals surface area (Å²) in [7, 11) is 0.608. The van der Waals surface area contributed by atoms with Gasteiger partial charge in [0, 0.05) is 47.9 Å². The molecule has 212 valence electrons. The van der Waals surface area contributed by atoms with Gasteiger partial charge in [0.2, 0.25) is 0 Å². The predicted octanol–water partition coefficient (Wildman–Crippen LogP) is 3.97. The molecule has 1 aliphatic carbocycles. The number of piperazine rings is 1. The average Bonchev–Trinajstić information content (AvgIpc) is 3.03. The highest BCUT2D eigenvalue weighted by Crippen LogP contribution is 2.47. The molecule has 1 aromatic carbocycles. The number of hydrogen-bond donors (Lipinski definition) is 2. The van der Waals surface area contributed by atoms with Gasteiger partial charge >= 0.3 is 11.8 Å². The number of aliphatic hydroxyl groups is 1. The van der Waals surface area contributed by atoms with Crippen LogP contribution in [0.25, 0.3) is 11.0 Å². The summed E-state index contributed by atoms with van der Waals surface area (Å²) in [5, 5.41) is 21.1. The molecule has 1 saturated heterocycles. The lowest BCUT2D eigenvalue weighted by Gasteiger charge is -2.51. The molecule has 2 aromatic rings. The Kier molecular flexibility index (Phi) is 7.93. The number of amides is 1. The SMILES string of the molecule is Cn1c(=O)n(COCC[Si](C)(C)C)c2cccc(C3CC(O)(CN4CCN(C(=O)O)C(C(C)(C)C)C4)C3)c21. The standard InChI is InChI=1S/C28H46N4O5Si/c1-27(2,3)23-17-30(11-12-31(23)26(34)35)18-28(36)15-20(16-28)21-9-8-10-22-24(21)29(4)25(33)32(22)19-37-13-14-38(5,6)7/h8-10,20,23,36H,11-19H2,1-7H3,(H,34,35). The molecule has 1 atom stereocenters. The maximum Gasteiger partial charge on any atom is 0.407 e. The van der Waals surface area contributed by atoms with Crippen LogP contribution in [0.15, 0.2) is 23.0 Å². The number of ether oxygens (including phenoxy) is 1. The molecule has 1 aromatic heterocycles. The number of fused-ring (bicyclic) bond motifs is 1. The van der Waals surface area contributed by atoms with Crippen molar-refractivity contribution >= 4 is 25.2 Å². The fraction of sp³-hybridized carbons (Fsp3) is 0.714. The molecule has 0 spiro atoms. The number of benzene rings is 1. The first-order chi connectivity index (χ1) is 17.6. The molecule has 1 amide bonds. The number of para-hydroxylation sites is 1. The minimum Gasteiger partial charge on any atom is -0.465 e. The maximum atomic E-state index is 13.1. The van der Waals surface area contributed by atoms with Gasteiger partial charge in [0.15, 0.2) is 0 Å². The Morgan fingerprint density at radius 3 is 2.47 bits per heavy atom. The Morgan fingerprint density at radius 1 is 1.18 bits per heavy atom. The van der Waals surface area contributed by atoms with Crippen LogP contribution >= 0.6 is 0 Å². The average molecular weight is 547 g/mol. The largest absolute Gasteiger partial charge is 0.465 e. The molecule has 0 radical (unpaired) electrons. The van der Waals surface area contributed by atoms with Crippen molar-refractivity contribution in [3.8, 4) is 0 Å². The van der Waals surface area contributed by atoms with Crippen molar-refractivity contribution < 1.29 is 19.7 Å². The molecular formula is C28H46N4O5Si. The van der Waals surface area contributed by atoms with Crippen LogP contribution in [-0.2, 0) is 18.5 Å². The summed E-state index contributed by atoms with van der Waals surface area (Å²) in [5.74, 6) is 0.164. The molecule has 2 heterocycles. The first kappa shape index (κ1) is 28.9. The molecule has 10 heteroatoms. The van der Waals surface area contributed by atoms with E-state index in [0.29, 0.717) is 45.6 Å². The summed E-state index contributed by atoms with van der Waals surface area (Å²) in [5.41, 5.74) is 1.79. The summed E-state index contributed by atoms with van der Waals surface area (Å²) in [4.78, 5) is 28.6. The van der Waals surface area contributed by atoms with E-state index in [2.05, 4.69) is 51.4 Å². The lowest BCUT2D eigenvalue weighted by Crippen LogP contribution is -2.62. The minimum atomic E-state index is -1.20. The highest BCUT2D eigenvalue weighted by atomic mass is 28.3. The fourth-order valence-electron chi connectivity index (χ4n) is 6.08. The Labute approximate surface area is 227 Å². The van der Waals surface area contributed by atoms with E-state index < -0.39 is 19.8 Å². The number of aromatic nitrogens is 2. The molecule has 2 fully saturated rings. The van der Waals surface area contributed by atoms with E-state index in [0.717, 1.165) is 22.6 Å². The lowest BCUT2D eigenvalue weighted by molar-refractivity contribution is -0.0865. The zero-order valence-corrected chi connectivity index (χ0v) is 25.2. The quantitative estimate of drug-likeness (QED) is 0.384. The van der Waals surface area contributed by atoms with Gasteiger partial charge < -0.3 is 19.8 Å². The summed E-state index contributed by atoms with van der Waals surface area (Å²) in [6, 6.07) is 6.97. The third-order valence-corrected chi connectivity index (χ3v) is 10.0. The molecule has 2 aliphatic rings. The van der Waals surface area contributed by atoms with E-state index in [4.69, 9.17) is 4.74 Å². The van der Waals surface area contributed by atoms with Crippen LogP contribution in [0, 0.1) is 5.41 Å². The molecule has 0 bridgehead atoms. The van der Waals surface area contributed by atoms with E-state index in [1.807, 2.05) is 19.2 Å². The smallest absolute Gasteiger partial charge is 0.407 e. The van der Waals surface area contributed by atoms with E-state index in [9.17, 15) is 19.8 Å². The van der Waals surface area contributed by atoms with Gasteiger partial charge in [-0.2, -0.15) is 0 Å². The highest BCUT2D eigenvalue weighted by molar-refractivity contribution is 6.76. The highest BCUT2D eigenvalue weighted by Gasteiger charge is 2.47. The third-order valence-electron chi connectivity index (χ3n) is 8.33. The second-order valence-corrected chi connectivity index (χ2v) is 19.4. The van der Waals surface area contributed by atoms with Crippen molar-refractivity contribution in [1.82, 2.24) is 18.9 Å². The zero-order chi connectivity index (χ0) is 28.0. The monoisotopic (exact) mass is 546 g/mol. The first-order valence-corrected chi connectivity index (χ1v) is 17.5. The van der Waals surface area contributed by atoms with Gasteiger partial charge in [-0.25, -0.2) is 9.59 Å². The van der Waals surface area contributed by atoms with Crippen LogP contribution in [0.2, 0.25) is 25.7 Å². The van der Waals surface area contributed by atoms with Crippen molar-refractivity contribution in [3.63, 3.8) is 0 Å². The van der Waals surface area contributed by atoms with Gasteiger partial charge in [0.1, 0.15) is 6.73 Å². The zero-order valence-electron chi connectivity index (χ0n) is 24.2. The van der Waals surface area contributed by atoms with E-state index >= 15 is 0 Å². The van der Waals surface area contributed by atoms with Gasteiger partial charge in [-0.1, -0.05) is 52.5 Å². The molecule has 9 nitrogen and oxygen atoms in total. The van der Waals surface area contributed by atoms with Crippen molar-refractivity contribution in [2.24, 2.45) is 12.5 Å². The van der Waals surface area contributed by atoms with Crippen LogP contribution in [0.1, 0.15) is 45.1 Å². The lowest BCUT2D eigenvalue weighted by atomic mass is 9.67. The molecule has 1 aliphatic heterocycles. The number of imidazole rings is 1. The number of carboxylic acid groups (broad SMARTS) is 1. The number of rotatable bonds is 8. The number of hydrogen-bond acceptors (Lipinski definition) is 5. The van der Waals surface area contributed by atoms with Crippen LogP contribution in [-0.4, -0.2) is 87.7 Å². The topological polar surface area (TPSA) is 100 Å². The summed E-state index contributed by atoms with van der Waals surface area (Å²) < 4.78 is 9.33. The van der Waals surface area contributed by atoms with Gasteiger partial charge in [0.05, 0.1) is 22.7 Å². The van der Waals surface area contributed by atoms with E-state index in [-0.39, 0.29) is 29.8 Å².